The van der Waals surface area contributed by atoms with Gasteiger partial charge in [-0.1, -0.05) is 6.07 Å². The van der Waals surface area contributed by atoms with E-state index in [1.54, 1.807) is 26.1 Å². The molecule has 0 atom stereocenters. The van der Waals surface area contributed by atoms with Crippen molar-refractivity contribution < 1.29 is 13.9 Å². The van der Waals surface area contributed by atoms with E-state index in [2.05, 4.69) is 10.9 Å². The maximum Gasteiger partial charge on any atom is 0.244 e. The summed E-state index contributed by atoms with van der Waals surface area (Å²) in [6, 6.07) is 4.74. The van der Waals surface area contributed by atoms with Crippen molar-refractivity contribution in [2.24, 2.45) is 0 Å². The van der Waals surface area contributed by atoms with Crippen LogP contribution in [0.5, 0.6) is 5.75 Å². The van der Waals surface area contributed by atoms with Crippen LogP contribution in [-0.4, -0.2) is 19.6 Å². The van der Waals surface area contributed by atoms with E-state index in [0.717, 1.165) is 12.8 Å². The highest BCUT2D eigenvalue weighted by atomic mass is 19.1. The molecule has 0 spiro atoms. The molecule has 1 amide bonds. The number of carbonyl (C=O) groups excluding carboxylic acids is 1. The maximum absolute atomic E-state index is 13.8. The van der Waals surface area contributed by atoms with E-state index in [9.17, 15) is 9.18 Å². The van der Waals surface area contributed by atoms with Crippen molar-refractivity contribution in [1.29, 1.82) is 0 Å². The molecule has 2 N–H and O–H groups in total. The van der Waals surface area contributed by atoms with Crippen LogP contribution in [0.2, 0.25) is 0 Å². The molecule has 0 unspecified atom stereocenters. The Kier molecular flexibility index (Phi) is 3.52. The predicted molar refractivity (Wildman–Crippen MR) is 65.7 cm³/mol. The summed E-state index contributed by atoms with van der Waals surface area (Å²) in [5.74, 6) is -0.308. The second kappa shape index (κ2) is 4.94. The number of amides is 1. The number of carbonyl (C=O) groups is 1. The minimum Gasteiger partial charge on any atom is -0.491 e. The highest BCUT2D eigenvalue weighted by Crippen LogP contribution is 2.48. The maximum atomic E-state index is 13.8. The van der Waals surface area contributed by atoms with Crippen LogP contribution in [0.4, 0.5) is 4.39 Å². The average molecular weight is 252 g/mol. The standard InChI is InChI=1S/C13H17FN2O2/c1-3-18-11-5-4-9(8-10(11)14)13(6-7-13)12(17)16-15-2/h4-5,8,15H,3,6-7H2,1-2H3,(H,16,17). The molecule has 2 rings (SSSR count). The lowest BCUT2D eigenvalue weighted by Crippen LogP contribution is -2.41. The number of hydrazine groups is 1. The summed E-state index contributed by atoms with van der Waals surface area (Å²) in [4.78, 5) is 11.9. The van der Waals surface area contributed by atoms with Gasteiger partial charge in [0.1, 0.15) is 0 Å². The molecular weight excluding hydrogens is 235 g/mol. The second-order valence-corrected chi connectivity index (χ2v) is 4.36. The van der Waals surface area contributed by atoms with Gasteiger partial charge in [0.15, 0.2) is 11.6 Å². The molecule has 4 nitrogen and oxygen atoms in total. The Morgan fingerprint density at radius 2 is 2.22 bits per heavy atom. The molecular formula is C13H17FN2O2. The van der Waals surface area contributed by atoms with Gasteiger partial charge in [0.25, 0.3) is 0 Å². The number of benzene rings is 1. The zero-order valence-corrected chi connectivity index (χ0v) is 10.5. The summed E-state index contributed by atoms with van der Waals surface area (Å²) in [5.41, 5.74) is 5.31. The molecule has 98 valence electrons. The van der Waals surface area contributed by atoms with Crippen LogP contribution in [0.15, 0.2) is 18.2 Å². The molecule has 1 aromatic rings. The highest BCUT2D eigenvalue weighted by Gasteiger charge is 2.51. The van der Waals surface area contributed by atoms with Crippen LogP contribution in [0.25, 0.3) is 0 Å². The van der Waals surface area contributed by atoms with Gasteiger partial charge >= 0.3 is 0 Å². The van der Waals surface area contributed by atoms with Crippen LogP contribution in [-0.2, 0) is 10.2 Å². The number of ether oxygens (including phenoxy) is 1. The van der Waals surface area contributed by atoms with Gasteiger partial charge in [-0.2, -0.15) is 0 Å². The molecule has 1 aromatic carbocycles. The van der Waals surface area contributed by atoms with Gasteiger partial charge in [0, 0.05) is 7.05 Å². The largest absolute Gasteiger partial charge is 0.491 e. The predicted octanol–water partition coefficient (Wildman–Crippen LogP) is 1.51. The minimum absolute atomic E-state index is 0.117. The first-order valence-electron chi connectivity index (χ1n) is 6.04. The zero-order chi connectivity index (χ0) is 13.2. The van der Waals surface area contributed by atoms with Gasteiger partial charge in [-0.05, 0) is 37.5 Å². The zero-order valence-electron chi connectivity index (χ0n) is 10.5. The van der Waals surface area contributed by atoms with Crippen LogP contribution in [0, 0.1) is 5.82 Å². The van der Waals surface area contributed by atoms with Crippen LogP contribution < -0.4 is 15.6 Å². The Balaban J connectivity index is 2.24. The molecule has 0 aliphatic heterocycles. The SMILES string of the molecule is CCOc1ccc(C2(C(=O)NNC)CC2)cc1F. The fraction of sp³-hybridized carbons (Fsp3) is 0.462. The minimum atomic E-state index is -0.575. The number of hydrogen-bond acceptors (Lipinski definition) is 3. The van der Waals surface area contributed by atoms with E-state index < -0.39 is 11.2 Å². The summed E-state index contributed by atoms with van der Waals surface area (Å²) >= 11 is 0. The number of nitrogens with one attached hydrogen (secondary N) is 2. The summed E-state index contributed by atoms with van der Waals surface area (Å²) in [6.45, 7) is 2.22. The fourth-order valence-corrected chi connectivity index (χ4v) is 2.08. The summed E-state index contributed by atoms with van der Waals surface area (Å²) in [5, 5.41) is 0. The van der Waals surface area contributed by atoms with Gasteiger partial charge in [-0.25, -0.2) is 9.82 Å². The van der Waals surface area contributed by atoms with E-state index in [1.807, 2.05) is 0 Å². The first-order chi connectivity index (χ1) is 8.64. The molecule has 18 heavy (non-hydrogen) atoms. The monoisotopic (exact) mass is 252 g/mol. The van der Waals surface area contributed by atoms with E-state index in [1.165, 1.54) is 6.07 Å². The first kappa shape index (κ1) is 12.8. The van der Waals surface area contributed by atoms with Crippen LogP contribution in [0.3, 0.4) is 0 Å². The van der Waals surface area contributed by atoms with Gasteiger partial charge in [0.2, 0.25) is 5.91 Å². The number of hydrogen-bond donors (Lipinski definition) is 2. The van der Waals surface area contributed by atoms with Crippen molar-refractivity contribution in [2.45, 2.75) is 25.2 Å². The molecule has 0 aromatic heterocycles. The van der Waals surface area contributed by atoms with Crippen molar-refractivity contribution in [2.75, 3.05) is 13.7 Å². The molecule has 1 aliphatic carbocycles. The highest BCUT2D eigenvalue weighted by molar-refractivity contribution is 5.90. The first-order valence-corrected chi connectivity index (χ1v) is 6.04. The number of rotatable bonds is 5. The topological polar surface area (TPSA) is 50.4 Å². The summed E-state index contributed by atoms with van der Waals surface area (Å²) in [6.07, 6.45) is 1.49. The van der Waals surface area contributed by atoms with Crippen LogP contribution >= 0.6 is 0 Å². The van der Waals surface area contributed by atoms with Gasteiger partial charge in [0.05, 0.1) is 12.0 Å². The third kappa shape index (κ3) is 2.18. The lowest BCUT2D eigenvalue weighted by Gasteiger charge is -2.16. The van der Waals surface area contributed by atoms with E-state index >= 15 is 0 Å². The second-order valence-electron chi connectivity index (χ2n) is 4.36. The average Bonchev–Trinajstić information content (AvgIpc) is 3.14. The van der Waals surface area contributed by atoms with Crippen LogP contribution in [0.1, 0.15) is 25.3 Å². The third-order valence-electron chi connectivity index (χ3n) is 3.21. The normalized spacial score (nSPS) is 16.2. The Morgan fingerprint density at radius 3 is 2.72 bits per heavy atom. The lowest BCUT2D eigenvalue weighted by molar-refractivity contribution is -0.124. The molecule has 1 saturated carbocycles. The van der Waals surface area contributed by atoms with Crippen molar-refractivity contribution >= 4 is 5.91 Å². The molecule has 1 aliphatic rings. The fourth-order valence-electron chi connectivity index (χ4n) is 2.08. The van der Waals surface area contributed by atoms with E-state index in [0.29, 0.717) is 12.2 Å². The molecule has 0 bridgehead atoms. The Hall–Kier alpha value is -1.62. The molecule has 0 radical (unpaired) electrons. The van der Waals surface area contributed by atoms with Gasteiger partial charge in [-0.15, -0.1) is 0 Å². The van der Waals surface area contributed by atoms with Crippen molar-refractivity contribution in [1.82, 2.24) is 10.9 Å². The smallest absolute Gasteiger partial charge is 0.244 e. The van der Waals surface area contributed by atoms with Gasteiger partial charge < -0.3 is 4.74 Å². The molecule has 5 heteroatoms. The Bertz CT molecular complexity index is 458. The summed E-state index contributed by atoms with van der Waals surface area (Å²) < 4.78 is 18.9. The molecule has 0 saturated heterocycles. The Labute approximate surface area is 105 Å². The van der Waals surface area contributed by atoms with Crippen molar-refractivity contribution in [3.8, 4) is 5.75 Å². The molecule has 1 fully saturated rings. The van der Waals surface area contributed by atoms with Crippen molar-refractivity contribution in [3.05, 3.63) is 29.6 Å². The number of halogens is 1. The van der Waals surface area contributed by atoms with Gasteiger partial charge in [-0.3, -0.25) is 10.2 Å². The lowest BCUT2D eigenvalue weighted by atomic mass is 9.95. The van der Waals surface area contributed by atoms with E-state index in [-0.39, 0.29) is 11.7 Å². The summed E-state index contributed by atoms with van der Waals surface area (Å²) in [7, 11) is 1.63. The van der Waals surface area contributed by atoms with Crippen molar-refractivity contribution in [3.63, 3.8) is 0 Å². The molecule has 0 heterocycles. The van der Waals surface area contributed by atoms with E-state index in [4.69, 9.17) is 4.74 Å². The third-order valence-corrected chi connectivity index (χ3v) is 3.21. The Morgan fingerprint density at radius 1 is 1.50 bits per heavy atom. The quantitative estimate of drug-likeness (QED) is 0.781.